The van der Waals surface area contributed by atoms with Crippen LogP contribution in [-0.4, -0.2) is 13.2 Å². The lowest BCUT2D eigenvalue weighted by Gasteiger charge is -2.30. The number of hydrogen-bond acceptors (Lipinski definition) is 2. The first-order chi connectivity index (χ1) is 7.22. The first-order valence-electron chi connectivity index (χ1n) is 5.64. The van der Waals surface area contributed by atoms with Gasteiger partial charge in [0.2, 0.25) is 0 Å². The fourth-order valence-electron chi connectivity index (χ4n) is 2.19. The van der Waals surface area contributed by atoms with E-state index in [0.717, 1.165) is 12.2 Å². The summed E-state index contributed by atoms with van der Waals surface area (Å²) < 4.78 is 5.38. The van der Waals surface area contributed by atoms with E-state index < -0.39 is 0 Å². The first kappa shape index (κ1) is 10.3. The van der Waals surface area contributed by atoms with E-state index in [2.05, 4.69) is 31.3 Å². The standard InChI is InChI=1S/C13H19NO/c1-9(2)11-8-7-10-5-4-6-12(15-3)13(10)14-11/h4-6,9,11,14H,7-8H2,1-3H3. The summed E-state index contributed by atoms with van der Waals surface area (Å²) in [6.07, 6.45) is 2.38. The van der Waals surface area contributed by atoms with E-state index in [0.29, 0.717) is 12.0 Å². The molecule has 82 valence electrons. The molecule has 1 N–H and O–H groups in total. The molecule has 1 aliphatic heterocycles. The van der Waals surface area contributed by atoms with Crippen LogP contribution < -0.4 is 10.1 Å². The van der Waals surface area contributed by atoms with Gasteiger partial charge in [-0.25, -0.2) is 0 Å². The van der Waals surface area contributed by atoms with Crippen molar-refractivity contribution >= 4 is 5.69 Å². The van der Waals surface area contributed by atoms with Crippen LogP contribution in [0.2, 0.25) is 0 Å². The fourth-order valence-corrected chi connectivity index (χ4v) is 2.19. The molecule has 2 heteroatoms. The molecule has 1 unspecified atom stereocenters. The van der Waals surface area contributed by atoms with Crippen molar-refractivity contribution in [1.29, 1.82) is 0 Å². The van der Waals surface area contributed by atoms with Crippen molar-refractivity contribution in [2.45, 2.75) is 32.7 Å². The van der Waals surface area contributed by atoms with E-state index in [1.165, 1.54) is 17.7 Å². The first-order valence-corrected chi connectivity index (χ1v) is 5.64. The molecule has 0 saturated carbocycles. The highest BCUT2D eigenvalue weighted by Crippen LogP contribution is 2.35. The van der Waals surface area contributed by atoms with Crippen LogP contribution in [0.15, 0.2) is 18.2 Å². The van der Waals surface area contributed by atoms with E-state index in [4.69, 9.17) is 4.74 Å². The van der Waals surface area contributed by atoms with Gasteiger partial charge in [0.1, 0.15) is 5.75 Å². The largest absolute Gasteiger partial charge is 0.495 e. The average molecular weight is 205 g/mol. The van der Waals surface area contributed by atoms with Crippen LogP contribution >= 0.6 is 0 Å². The van der Waals surface area contributed by atoms with E-state index in [1.54, 1.807) is 7.11 Å². The summed E-state index contributed by atoms with van der Waals surface area (Å²) in [6.45, 7) is 4.52. The second-order valence-electron chi connectivity index (χ2n) is 4.53. The summed E-state index contributed by atoms with van der Waals surface area (Å²) in [5.74, 6) is 1.64. The van der Waals surface area contributed by atoms with Crippen LogP contribution in [0.3, 0.4) is 0 Å². The Hall–Kier alpha value is -1.18. The number of fused-ring (bicyclic) bond motifs is 1. The Bertz CT molecular complexity index is 332. The number of methoxy groups -OCH3 is 1. The lowest BCUT2D eigenvalue weighted by molar-refractivity contribution is 0.410. The molecule has 1 aromatic rings. The van der Waals surface area contributed by atoms with Gasteiger partial charge in [0.15, 0.2) is 0 Å². The van der Waals surface area contributed by atoms with Gasteiger partial charge in [-0.3, -0.25) is 0 Å². The van der Waals surface area contributed by atoms with Crippen molar-refractivity contribution in [3.63, 3.8) is 0 Å². The maximum Gasteiger partial charge on any atom is 0.142 e. The van der Waals surface area contributed by atoms with E-state index in [-0.39, 0.29) is 0 Å². The molecule has 0 aromatic heterocycles. The topological polar surface area (TPSA) is 21.3 Å². The minimum Gasteiger partial charge on any atom is -0.495 e. The smallest absolute Gasteiger partial charge is 0.142 e. The third-order valence-electron chi connectivity index (χ3n) is 3.19. The van der Waals surface area contributed by atoms with Crippen molar-refractivity contribution in [3.8, 4) is 5.75 Å². The normalized spacial score (nSPS) is 19.6. The zero-order valence-electron chi connectivity index (χ0n) is 9.71. The minimum atomic E-state index is 0.578. The number of nitrogens with one attached hydrogen (secondary N) is 1. The number of aryl methyl sites for hydroxylation is 1. The summed E-state index contributed by atoms with van der Waals surface area (Å²) >= 11 is 0. The second kappa shape index (κ2) is 4.13. The Morgan fingerprint density at radius 3 is 2.87 bits per heavy atom. The van der Waals surface area contributed by atoms with Crippen LogP contribution in [0.5, 0.6) is 5.75 Å². The highest BCUT2D eigenvalue weighted by Gasteiger charge is 2.22. The summed E-state index contributed by atoms with van der Waals surface area (Å²) in [7, 11) is 1.73. The molecule has 0 saturated heterocycles. The molecule has 1 heterocycles. The van der Waals surface area contributed by atoms with Crippen molar-refractivity contribution < 1.29 is 4.74 Å². The van der Waals surface area contributed by atoms with Gasteiger partial charge in [0.25, 0.3) is 0 Å². The average Bonchev–Trinajstić information content (AvgIpc) is 2.27. The van der Waals surface area contributed by atoms with Crippen LogP contribution in [-0.2, 0) is 6.42 Å². The van der Waals surface area contributed by atoms with Crippen molar-refractivity contribution in [3.05, 3.63) is 23.8 Å². The third kappa shape index (κ3) is 1.94. The highest BCUT2D eigenvalue weighted by atomic mass is 16.5. The predicted octanol–water partition coefficient (Wildman–Crippen LogP) is 3.08. The maximum atomic E-state index is 5.38. The van der Waals surface area contributed by atoms with Crippen LogP contribution in [0.4, 0.5) is 5.69 Å². The second-order valence-corrected chi connectivity index (χ2v) is 4.53. The van der Waals surface area contributed by atoms with Gasteiger partial charge >= 0.3 is 0 Å². The van der Waals surface area contributed by atoms with E-state index in [9.17, 15) is 0 Å². The Balaban J connectivity index is 2.30. The lowest BCUT2D eigenvalue weighted by Crippen LogP contribution is -2.30. The minimum absolute atomic E-state index is 0.578. The van der Waals surface area contributed by atoms with E-state index >= 15 is 0 Å². The molecule has 0 radical (unpaired) electrons. The molecule has 1 aliphatic rings. The Kier molecular flexibility index (Phi) is 2.85. The number of anilines is 1. The molecular formula is C13H19NO. The van der Waals surface area contributed by atoms with Gasteiger partial charge < -0.3 is 10.1 Å². The molecule has 0 bridgehead atoms. The van der Waals surface area contributed by atoms with Gasteiger partial charge in [-0.1, -0.05) is 26.0 Å². The Morgan fingerprint density at radius 2 is 2.20 bits per heavy atom. The molecule has 15 heavy (non-hydrogen) atoms. The highest BCUT2D eigenvalue weighted by molar-refractivity contribution is 5.64. The Morgan fingerprint density at radius 1 is 1.40 bits per heavy atom. The molecule has 0 spiro atoms. The van der Waals surface area contributed by atoms with Gasteiger partial charge in [0.05, 0.1) is 12.8 Å². The van der Waals surface area contributed by atoms with Gasteiger partial charge in [-0.2, -0.15) is 0 Å². The van der Waals surface area contributed by atoms with Crippen LogP contribution in [0.1, 0.15) is 25.8 Å². The molecular weight excluding hydrogens is 186 g/mol. The SMILES string of the molecule is COc1cccc2c1NC(C(C)C)CC2. The van der Waals surface area contributed by atoms with Gasteiger partial charge in [0, 0.05) is 6.04 Å². The molecule has 2 nitrogen and oxygen atoms in total. The number of ether oxygens (including phenoxy) is 1. The lowest BCUT2D eigenvalue weighted by atomic mass is 9.91. The molecule has 1 aromatic carbocycles. The van der Waals surface area contributed by atoms with Crippen molar-refractivity contribution in [2.24, 2.45) is 5.92 Å². The zero-order chi connectivity index (χ0) is 10.8. The number of para-hydroxylation sites is 1. The molecule has 1 atom stereocenters. The Labute approximate surface area is 91.6 Å². The van der Waals surface area contributed by atoms with Crippen molar-refractivity contribution in [2.75, 3.05) is 12.4 Å². The monoisotopic (exact) mass is 205 g/mol. The zero-order valence-corrected chi connectivity index (χ0v) is 9.71. The van der Waals surface area contributed by atoms with Crippen LogP contribution in [0.25, 0.3) is 0 Å². The summed E-state index contributed by atoms with van der Waals surface area (Å²) in [6, 6.07) is 6.85. The molecule has 0 aliphatic carbocycles. The molecule has 0 amide bonds. The van der Waals surface area contributed by atoms with Gasteiger partial charge in [-0.15, -0.1) is 0 Å². The van der Waals surface area contributed by atoms with Crippen LogP contribution in [0, 0.1) is 5.92 Å². The number of benzene rings is 1. The fraction of sp³-hybridized carbons (Fsp3) is 0.538. The third-order valence-corrected chi connectivity index (χ3v) is 3.19. The molecule has 2 rings (SSSR count). The van der Waals surface area contributed by atoms with Crippen molar-refractivity contribution in [1.82, 2.24) is 0 Å². The number of hydrogen-bond donors (Lipinski definition) is 1. The molecule has 0 fully saturated rings. The van der Waals surface area contributed by atoms with Gasteiger partial charge in [-0.05, 0) is 30.4 Å². The number of rotatable bonds is 2. The summed E-state index contributed by atoms with van der Waals surface area (Å²) in [5.41, 5.74) is 2.58. The predicted molar refractivity (Wildman–Crippen MR) is 63.6 cm³/mol. The maximum absolute atomic E-state index is 5.38. The van der Waals surface area contributed by atoms with E-state index in [1.807, 2.05) is 6.07 Å². The summed E-state index contributed by atoms with van der Waals surface area (Å²) in [5, 5.41) is 3.59. The summed E-state index contributed by atoms with van der Waals surface area (Å²) in [4.78, 5) is 0. The quantitative estimate of drug-likeness (QED) is 0.801.